The maximum absolute atomic E-state index is 13.9. The molecule has 10 heteroatoms. The lowest BCUT2D eigenvalue weighted by atomic mass is 9.57. The number of phenolic OH excluding ortho intramolecular Hbond substituents is 1. The lowest BCUT2D eigenvalue weighted by Gasteiger charge is -2.50. The van der Waals surface area contributed by atoms with Crippen molar-refractivity contribution in [2.24, 2.45) is 17.6 Å². The van der Waals surface area contributed by atoms with E-state index in [9.17, 15) is 34.8 Å². The van der Waals surface area contributed by atoms with Gasteiger partial charge in [-0.25, -0.2) is 0 Å². The van der Waals surface area contributed by atoms with E-state index < -0.39 is 58.0 Å². The zero-order valence-electron chi connectivity index (χ0n) is 21.2. The van der Waals surface area contributed by atoms with Crippen molar-refractivity contribution >= 4 is 23.2 Å². The minimum atomic E-state index is -2.66. The molecular weight excluding hydrogens is 490 g/mol. The fourth-order valence-electron chi connectivity index (χ4n) is 6.33. The Morgan fingerprint density at radius 3 is 2.53 bits per heavy atom. The van der Waals surface area contributed by atoms with Crippen LogP contribution in [0.3, 0.4) is 0 Å². The van der Waals surface area contributed by atoms with E-state index in [0.717, 1.165) is 12.0 Å². The molecule has 3 aliphatic carbocycles. The third-order valence-electron chi connectivity index (χ3n) is 8.11. The van der Waals surface area contributed by atoms with E-state index in [1.807, 2.05) is 19.1 Å². The van der Waals surface area contributed by atoms with Crippen LogP contribution in [0.2, 0.25) is 0 Å². The van der Waals surface area contributed by atoms with E-state index in [1.165, 1.54) is 11.0 Å². The predicted molar refractivity (Wildman–Crippen MR) is 137 cm³/mol. The van der Waals surface area contributed by atoms with Crippen LogP contribution in [-0.2, 0) is 27.2 Å². The number of aliphatic hydroxyl groups is 3. The van der Waals surface area contributed by atoms with E-state index in [1.54, 1.807) is 26.4 Å². The summed E-state index contributed by atoms with van der Waals surface area (Å²) in [6.45, 7) is 2.02. The number of pyridine rings is 1. The minimum absolute atomic E-state index is 0.0310. The van der Waals surface area contributed by atoms with E-state index in [0.29, 0.717) is 16.8 Å². The Kier molecular flexibility index (Phi) is 5.92. The topological polar surface area (TPSA) is 174 Å². The lowest BCUT2D eigenvalue weighted by Crippen LogP contribution is -2.65. The maximum Gasteiger partial charge on any atom is 0.255 e. The highest BCUT2D eigenvalue weighted by molar-refractivity contribution is 6.24. The van der Waals surface area contributed by atoms with Gasteiger partial charge in [0.1, 0.15) is 22.8 Å². The van der Waals surface area contributed by atoms with E-state index >= 15 is 0 Å². The number of aryl methyl sites for hydroxylation is 1. The van der Waals surface area contributed by atoms with Crippen molar-refractivity contribution in [3.8, 4) is 17.0 Å². The Balaban J connectivity index is 1.73. The van der Waals surface area contributed by atoms with Gasteiger partial charge in [-0.3, -0.25) is 24.3 Å². The summed E-state index contributed by atoms with van der Waals surface area (Å²) < 4.78 is 0. The molecule has 0 spiro atoms. The Bertz CT molecular complexity index is 1470. The van der Waals surface area contributed by atoms with Gasteiger partial charge >= 0.3 is 0 Å². The number of amides is 1. The first-order valence-corrected chi connectivity index (χ1v) is 12.4. The van der Waals surface area contributed by atoms with Crippen molar-refractivity contribution in [3.63, 3.8) is 0 Å². The highest BCUT2D eigenvalue weighted by atomic mass is 16.3. The van der Waals surface area contributed by atoms with Crippen molar-refractivity contribution in [2.45, 2.75) is 37.8 Å². The number of carbonyl (C=O) groups excluding carboxylic acids is 3. The van der Waals surface area contributed by atoms with Gasteiger partial charge in [0.2, 0.25) is 5.78 Å². The Hall–Kier alpha value is -4.02. The van der Waals surface area contributed by atoms with Crippen molar-refractivity contribution in [3.05, 3.63) is 64.1 Å². The Labute approximate surface area is 218 Å². The number of carbonyl (C=O) groups is 3. The minimum Gasteiger partial charge on any atom is -0.508 e. The monoisotopic (exact) mass is 519 g/mol. The first-order valence-electron chi connectivity index (χ1n) is 12.4. The van der Waals surface area contributed by atoms with Crippen LogP contribution in [0.1, 0.15) is 30.0 Å². The molecule has 5 rings (SSSR count). The van der Waals surface area contributed by atoms with E-state index in [-0.39, 0.29) is 29.7 Å². The summed E-state index contributed by atoms with van der Waals surface area (Å²) in [5, 5.41) is 44.7. The number of hydrogen-bond donors (Lipinski definition) is 5. The molecule has 198 valence electrons. The van der Waals surface area contributed by atoms with Crippen LogP contribution in [0.15, 0.2) is 47.4 Å². The fraction of sp³-hybridized carbons (Fsp3) is 0.357. The molecule has 10 nitrogen and oxygen atoms in total. The van der Waals surface area contributed by atoms with Crippen LogP contribution in [0.25, 0.3) is 17.0 Å². The highest BCUT2D eigenvalue weighted by Crippen LogP contribution is 2.53. The second-order valence-electron chi connectivity index (χ2n) is 10.4. The molecule has 38 heavy (non-hydrogen) atoms. The van der Waals surface area contributed by atoms with Crippen LogP contribution in [0.5, 0.6) is 5.75 Å². The van der Waals surface area contributed by atoms with Gasteiger partial charge in [0.05, 0.1) is 17.3 Å². The molecule has 0 radical (unpaired) electrons. The van der Waals surface area contributed by atoms with Crippen molar-refractivity contribution < 1.29 is 34.8 Å². The average Bonchev–Trinajstić information content (AvgIpc) is 2.86. The summed E-state index contributed by atoms with van der Waals surface area (Å²) >= 11 is 0. The molecule has 6 N–H and O–H groups in total. The number of primary amides is 1. The molecule has 1 fully saturated rings. The number of nitrogens with two attached hydrogens (primary N) is 1. The van der Waals surface area contributed by atoms with Gasteiger partial charge in [0.25, 0.3) is 5.91 Å². The van der Waals surface area contributed by atoms with Gasteiger partial charge in [-0.2, -0.15) is 0 Å². The number of aromatic nitrogens is 1. The number of hydrogen-bond acceptors (Lipinski definition) is 9. The fourth-order valence-corrected chi connectivity index (χ4v) is 6.33. The van der Waals surface area contributed by atoms with Crippen molar-refractivity contribution in [1.82, 2.24) is 9.88 Å². The summed E-state index contributed by atoms with van der Waals surface area (Å²) in [5.41, 5.74) is 4.67. The summed E-state index contributed by atoms with van der Waals surface area (Å²) in [7, 11) is 3.13. The zero-order valence-corrected chi connectivity index (χ0v) is 21.2. The largest absolute Gasteiger partial charge is 0.508 e. The molecule has 0 saturated heterocycles. The molecular formula is C28H29N3O7. The molecule has 1 aromatic heterocycles. The number of aliphatic hydroxyl groups excluding tert-OH is 2. The second kappa shape index (κ2) is 8.78. The molecule has 0 aliphatic heterocycles. The van der Waals surface area contributed by atoms with Crippen molar-refractivity contribution in [2.75, 3.05) is 14.1 Å². The third kappa shape index (κ3) is 3.40. The summed E-state index contributed by atoms with van der Waals surface area (Å²) in [6, 6.07) is 5.80. The first-order chi connectivity index (χ1) is 17.9. The van der Waals surface area contributed by atoms with Gasteiger partial charge < -0.3 is 26.2 Å². The SMILES string of the molecule is CCc1ccnc(-c2ccc(O)c3c2C[C@@H]2C[C@@H]4[C@@H](N(C)C)C(=O)C(C(N)=O)=C(O)[C@]4(O)C(=O)C2=C3O)c1. The quantitative estimate of drug-likeness (QED) is 0.376. The number of nitrogens with zero attached hydrogens (tertiary/aromatic N) is 2. The second-order valence-corrected chi connectivity index (χ2v) is 10.4. The summed E-state index contributed by atoms with van der Waals surface area (Å²) in [4.78, 5) is 45.1. The molecule has 0 unspecified atom stereocenters. The van der Waals surface area contributed by atoms with Gasteiger partial charge in [-0.05, 0) is 74.7 Å². The van der Waals surface area contributed by atoms with Crippen LogP contribution in [0, 0.1) is 11.8 Å². The molecule has 1 aromatic carbocycles. The van der Waals surface area contributed by atoms with Crippen molar-refractivity contribution in [1.29, 1.82) is 0 Å². The number of ketones is 2. The summed E-state index contributed by atoms with van der Waals surface area (Å²) in [6.07, 6.45) is 2.70. The van der Waals surface area contributed by atoms with Gasteiger partial charge in [0.15, 0.2) is 11.4 Å². The van der Waals surface area contributed by atoms with Gasteiger partial charge in [-0.15, -0.1) is 0 Å². The standard InChI is InChI=1S/C28H29N3O7/c1-4-12-7-8-30-17(9-12)14-5-6-18(32)20-15(14)10-13-11-16-22(31(2)3)24(34)21(27(29)37)26(36)28(16,38)25(35)19(13)23(20)33/h5-9,13,16,22,32-33,36,38H,4,10-11H2,1-3H3,(H2,29,37)/t13-,16-,22-,28-/m1/s1. The number of fused-ring (bicyclic) bond motifs is 3. The number of phenols is 1. The molecule has 1 amide bonds. The maximum atomic E-state index is 13.9. The van der Waals surface area contributed by atoms with E-state index in [2.05, 4.69) is 4.98 Å². The molecule has 1 saturated carbocycles. The smallest absolute Gasteiger partial charge is 0.255 e. The van der Waals surface area contributed by atoms with E-state index in [4.69, 9.17) is 5.73 Å². The lowest BCUT2D eigenvalue weighted by molar-refractivity contribution is -0.153. The first kappa shape index (κ1) is 25.6. The number of benzene rings is 1. The molecule has 4 atom stereocenters. The van der Waals surface area contributed by atoms with Crippen LogP contribution < -0.4 is 5.73 Å². The average molecular weight is 520 g/mol. The zero-order chi connectivity index (χ0) is 27.7. The molecule has 0 bridgehead atoms. The Morgan fingerprint density at radius 2 is 1.89 bits per heavy atom. The predicted octanol–water partition coefficient (Wildman–Crippen LogP) is 1.59. The number of rotatable bonds is 4. The molecule has 2 aromatic rings. The normalized spacial score (nSPS) is 26.8. The highest BCUT2D eigenvalue weighted by Gasteiger charge is 2.64. The van der Waals surface area contributed by atoms with Crippen LogP contribution in [-0.4, -0.2) is 73.5 Å². The number of likely N-dealkylation sites (N-methyl/N-ethyl adjacent to an activating group) is 1. The van der Waals surface area contributed by atoms with Gasteiger partial charge in [-0.1, -0.05) is 6.92 Å². The molecule has 1 heterocycles. The summed E-state index contributed by atoms with van der Waals surface area (Å²) in [5.74, 6) is -6.74. The number of Topliss-reactive ketones (excluding diaryl/α,β-unsaturated/α-hetero) is 2. The van der Waals surface area contributed by atoms with Crippen LogP contribution >= 0.6 is 0 Å². The van der Waals surface area contributed by atoms with Gasteiger partial charge in [0, 0.05) is 23.3 Å². The Morgan fingerprint density at radius 1 is 1.18 bits per heavy atom. The number of aromatic hydroxyl groups is 1. The molecule has 3 aliphatic rings. The van der Waals surface area contributed by atoms with Crippen LogP contribution in [0.4, 0.5) is 0 Å². The third-order valence-corrected chi connectivity index (χ3v) is 8.11.